The molecule has 3 aromatic rings. The second-order valence-corrected chi connectivity index (χ2v) is 9.95. The smallest absolute Gasteiger partial charge is 0.295 e. The molecule has 9 nitrogen and oxygen atoms in total. The molecule has 0 bridgehead atoms. The van der Waals surface area contributed by atoms with Crippen LogP contribution < -0.4 is 19.1 Å². The molecular formula is C31H31N2O7+. The Kier molecular flexibility index (Phi) is 7.39. The summed E-state index contributed by atoms with van der Waals surface area (Å²) < 4.78 is 22.8. The third kappa shape index (κ3) is 5.25. The highest BCUT2D eigenvalue weighted by atomic mass is 16.6. The number of rotatable bonds is 7. The Bertz CT molecular complexity index is 1430. The number of benzene rings is 3. The first-order valence-electron chi connectivity index (χ1n) is 13.5. The van der Waals surface area contributed by atoms with Crippen LogP contribution in [0.2, 0.25) is 0 Å². The molecular weight excluding hydrogens is 512 g/mol. The van der Waals surface area contributed by atoms with Crippen molar-refractivity contribution in [2.45, 2.75) is 6.04 Å². The Hall–Kier alpha value is -4.34. The van der Waals surface area contributed by atoms with Crippen LogP contribution in [0.15, 0.2) is 78.4 Å². The number of ether oxygens (including phenoxy) is 4. The zero-order valence-electron chi connectivity index (χ0n) is 22.0. The number of quaternary nitrogens is 1. The van der Waals surface area contributed by atoms with Gasteiger partial charge < -0.3 is 33.9 Å². The molecule has 0 aromatic heterocycles. The van der Waals surface area contributed by atoms with Crippen LogP contribution in [0.25, 0.3) is 5.76 Å². The second-order valence-electron chi connectivity index (χ2n) is 9.95. The minimum absolute atomic E-state index is 0.0375. The maximum absolute atomic E-state index is 13.5. The number of hydrogen-bond donors (Lipinski definition) is 2. The zero-order valence-corrected chi connectivity index (χ0v) is 22.0. The number of amides is 1. The van der Waals surface area contributed by atoms with E-state index in [4.69, 9.17) is 18.9 Å². The number of carbonyl (C=O) groups is 2. The summed E-state index contributed by atoms with van der Waals surface area (Å²) in [5, 5.41) is 11.5. The lowest BCUT2D eigenvalue weighted by atomic mass is 9.95. The number of likely N-dealkylation sites (tertiary alicyclic amines) is 1. The molecule has 40 heavy (non-hydrogen) atoms. The molecule has 206 valence electrons. The summed E-state index contributed by atoms with van der Waals surface area (Å²) in [7, 11) is 0. The molecule has 0 spiro atoms. The van der Waals surface area contributed by atoms with Gasteiger partial charge in [-0.05, 0) is 48.0 Å². The van der Waals surface area contributed by atoms with E-state index in [1.54, 1.807) is 23.1 Å². The Morgan fingerprint density at radius 2 is 1.62 bits per heavy atom. The van der Waals surface area contributed by atoms with Gasteiger partial charge >= 0.3 is 0 Å². The number of morpholine rings is 1. The Morgan fingerprint density at radius 3 is 2.42 bits per heavy atom. The van der Waals surface area contributed by atoms with Crippen LogP contribution in [0.5, 0.6) is 23.0 Å². The number of aliphatic hydroxyl groups is 1. The van der Waals surface area contributed by atoms with Gasteiger partial charge in [0.15, 0.2) is 11.5 Å². The maximum atomic E-state index is 13.5. The van der Waals surface area contributed by atoms with Crippen molar-refractivity contribution in [2.24, 2.45) is 0 Å². The lowest BCUT2D eigenvalue weighted by Crippen LogP contribution is -3.14. The molecule has 0 saturated carbocycles. The molecule has 0 unspecified atom stereocenters. The van der Waals surface area contributed by atoms with Crippen molar-refractivity contribution in [3.05, 3.63) is 89.5 Å². The van der Waals surface area contributed by atoms with Crippen molar-refractivity contribution in [1.29, 1.82) is 0 Å². The molecule has 3 aromatic carbocycles. The number of nitrogens with zero attached hydrogens (tertiary/aromatic N) is 1. The fraction of sp³-hybridized carbons (Fsp3) is 0.290. The molecule has 3 aliphatic rings. The molecule has 1 amide bonds. The standard InChI is InChI=1S/C31H30N2O7/c34-29(22-9-10-25-26(20-22)39-18-17-38-25)27-28(21-5-4-8-24(19-21)40-23-6-2-1-3-7-23)33(31(36)30(27)35)12-11-32-13-15-37-16-14-32/h1-10,19-20,28,34H,11-18H2/p+1/t28-/m0/s1. The number of nitrogens with one attached hydrogen (secondary N) is 1. The van der Waals surface area contributed by atoms with Crippen LogP contribution in [-0.2, 0) is 14.3 Å². The highest BCUT2D eigenvalue weighted by Gasteiger charge is 2.46. The summed E-state index contributed by atoms with van der Waals surface area (Å²) in [6.07, 6.45) is 0. The number of fused-ring (bicyclic) bond motifs is 1. The van der Waals surface area contributed by atoms with Gasteiger partial charge in [-0.15, -0.1) is 0 Å². The van der Waals surface area contributed by atoms with Gasteiger partial charge in [-0.25, -0.2) is 0 Å². The minimum atomic E-state index is -0.784. The molecule has 0 aliphatic carbocycles. The van der Waals surface area contributed by atoms with Gasteiger partial charge in [-0.3, -0.25) is 9.59 Å². The Morgan fingerprint density at radius 1 is 0.875 bits per heavy atom. The van der Waals surface area contributed by atoms with Gasteiger partial charge in [0.2, 0.25) is 0 Å². The van der Waals surface area contributed by atoms with Gasteiger partial charge in [-0.2, -0.15) is 0 Å². The Labute approximate surface area is 232 Å². The SMILES string of the molecule is O=C1C(=O)N(CC[NH+]2CCOCC2)[C@@H](c2cccc(Oc3ccccc3)c2)C1=C(O)c1ccc2c(c1)OCCO2. The topological polar surface area (TPSA) is 99.0 Å². The number of aliphatic hydroxyl groups excluding tert-OH is 1. The first kappa shape index (κ1) is 25.9. The highest BCUT2D eigenvalue weighted by Crippen LogP contribution is 2.41. The van der Waals surface area contributed by atoms with Crippen LogP contribution in [0.1, 0.15) is 17.2 Å². The molecule has 3 heterocycles. The zero-order chi connectivity index (χ0) is 27.5. The average Bonchev–Trinajstić information content (AvgIpc) is 3.25. The van der Waals surface area contributed by atoms with E-state index in [9.17, 15) is 14.7 Å². The number of ketones is 1. The van der Waals surface area contributed by atoms with Crippen LogP contribution >= 0.6 is 0 Å². The van der Waals surface area contributed by atoms with E-state index in [2.05, 4.69) is 0 Å². The van der Waals surface area contributed by atoms with Crippen molar-refractivity contribution in [1.82, 2.24) is 4.90 Å². The van der Waals surface area contributed by atoms with E-state index in [-0.39, 0.29) is 11.3 Å². The second kappa shape index (κ2) is 11.4. The summed E-state index contributed by atoms with van der Waals surface area (Å²) >= 11 is 0. The summed E-state index contributed by atoms with van der Waals surface area (Å²) in [5.74, 6) is 0.674. The average molecular weight is 544 g/mol. The van der Waals surface area contributed by atoms with Crippen LogP contribution in [-0.4, -0.2) is 74.3 Å². The van der Waals surface area contributed by atoms with Gasteiger partial charge in [-0.1, -0.05) is 30.3 Å². The van der Waals surface area contributed by atoms with Crippen molar-refractivity contribution < 1.29 is 38.5 Å². The maximum Gasteiger partial charge on any atom is 0.295 e. The fourth-order valence-electron chi connectivity index (χ4n) is 5.36. The van der Waals surface area contributed by atoms with E-state index >= 15 is 0 Å². The lowest BCUT2D eigenvalue weighted by Gasteiger charge is -2.29. The molecule has 6 rings (SSSR count). The predicted molar refractivity (Wildman–Crippen MR) is 146 cm³/mol. The highest BCUT2D eigenvalue weighted by molar-refractivity contribution is 6.46. The van der Waals surface area contributed by atoms with Crippen LogP contribution in [0.3, 0.4) is 0 Å². The van der Waals surface area contributed by atoms with Gasteiger partial charge in [0.1, 0.15) is 43.6 Å². The number of Topliss-reactive ketones (excluding diaryl/α,β-unsaturated/α-hetero) is 1. The molecule has 2 N–H and O–H groups in total. The first-order valence-corrected chi connectivity index (χ1v) is 13.5. The normalized spacial score (nSPS) is 20.5. The summed E-state index contributed by atoms with van der Waals surface area (Å²) in [4.78, 5) is 29.8. The van der Waals surface area contributed by atoms with E-state index < -0.39 is 17.7 Å². The van der Waals surface area contributed by atoms with E-state index in [0.29, 0.717) is 73.6 Å². The van der Waals surface area contributed by atoms with Crippen molar-refractivity contribution >= 4 is 17.4 Å². The summed E-state index contributed by atoms with van der Waals surface area (Å²) in [5.41, 5.74) is 1.09. The largest absolute Gasteiger partial charge is 0.507 e. The molecule has 9 heteroatoms. The predicted octanol–water partition coefficient (Wildman–Crippen LogP) is 2.59. The van der Waals surface area contributed by atoms with E-state index in [1.807, 2.05) is 54.6 Å². The Balaban J connectivity index is 1.39. The summed E-state index contributed by atoms with van der Waals surface area (Å²) in [6.45, 7) is 4.86. The molecule has 3 aliphatic heterocycles. The third-order valence-electron chi connectivity index (χ3n) is 7.41. The van der Waals surface area contributed by atoms with E-state index in [1.165, 1.54) is 4.90 Å². The van der Waals surface area contributed by atoms with E-state index in [0.717, 1.165) is 13.1 Å². The number of hydrogen-bond acceptors (Lipinski definition) is 7. The van der Waals surface area contributed by atoms with Crippen molar-refractivity contribution in [3.63, 3.8) is 0 Å². The van der Waals surface area contributed by atoms with Gasteiger partial charge in [0.05, 0.1) is 37.9 Å². The molecule has 2 fully saturated rings. The quantitative estimate of drug-likeness (QED) is 0.269. The number of para-hydroxylation sites is 1. The molecule has 0 radical (unpaired) electrons. The monoisotopic (exact) mass is 543 g/mol. The number of carbonyl (C=O) groups excluding carboxylic acids is 2. The van der Waals surface area contributed by atoms with Crippen molar-refractivity contribution in [3.8, 4) is 23.0 Å². The minimum Gasteiger partial charge on any atom is -0.507 e. The van der Waals surface area contributed by atoms with Crippen LogP contribution in [0, 0.1) is 0 Å². The summed E-state index contributed by atoms with van der Waals surface area (Å²) in [6, 6.07) is 20.9. The molecule has 2 saturated heterocycles. The van der Waals surface area contributed by atoms with Gasteiger partial charge in [0.25, 0.3) is 11.7 Å². The fourth-order valence-corrected chi connectivity index (χ4v) is 5.36. The van der Waals surface area contributed by atoms with Crippen molar-refractivity contribution in [2.75, 3.05) is 52.6 Å². The first-order chi connectivity index (χ1) is 19.6. The molecule has 1 atom stereocenters. The third-order valence-corrected chi connectivity index (χ3v) is 7.41. The van der Waals surface area contributed by atoms with Crippen LogP contribution in [0.4, 0.5) is 0 Å². The lowest BCUT2D eigenvalue weighted by molar-refractivity contribution is -0.907. The van der Waals surface area contributed by atoms with Gasteiger partial charge in [0, 0.05) is 5.56 Å².